The van der Waals surface area contributed by atoms with E-state index in [1.807, 2.05) is 6.92 Å². The summed E-state index contributed by atoms with van der Waals surface area (Å²) in [5.74, 6) is 0. The Balaban J connectivity index is 2.89. The van der Waals surface area contributed by atoms with Crippen molar-refractivity contribution < 1.29 is 9.84 Å². The second-order valence-corrected chi connectivity index (χ2v) is 5.00. The Bertz CT molecular complexity index is 444. The molecule has 0 aromatic carbocycles. The van der Waals surface area contributed by atoms with Crippen LogP contribution in [0, 0.1) is 0 Å². The standard InChI is InChI=1S/C12H20BrN3O3/c1-3-5-16-12(18)11(13)10(7-14-16)15-9(4-6-17)8-19-2/h7,9,15,17H,3-6,8H2,1-2H3. The number of hydrogen-bond donors (Lipinski definition) is 2. The molecule has 1 heterocycles. The van der Waals surface area contributed by atoms with Crippen molar-refractivity contribution in [3.05, 3.63) is 21.0 Å². The van der Waals surface area contributed by atoms with Gasteiger partial charge in [-0.3, -0.25) is 4.79 Å². The van der Waals surface area contributed by atoms with Gasteiger partial charge in [-0.15, -0.1) is 0 Å². The number of anilines is 1. The second kappa shape index (κ2) is 8.29. The molecular weight excluding hydrogens is 314 g/mol. The molecule has 0 radical (unpaired) electrons. The van der Waals surface area contributed by atoms with E-state index in [1.54, 1.807) is 13.3 Å². The number of ether oxygens (including phenoxy) is 1. The number of nitrogens with one attached hydrogen (secondary N) is 1. The molecule has 7 heteroatoms. The van der Waals surface area contributed by atoms with Crippen LogP contribution in [0.2, 0.25) is 0 Å². The minimum Gasteiger partial charge on any atom is -0.396 e. The van der Waals surface area contributed by atoms with Crippen molar-refractivity contribution in [2.45, 2.75) is 32.4 Å². The average Bonchev–Trinajstić information content (AvgIpc) is 2.39. The molecule has 1 rings (SSSR count). The first-order chi connectivity index (χ1) is 9.13. The molecule has 1 unspecified atom stereocenters. The summed E-state index contributed by atoms with van der Waals surface area (Å²) in [6.07, 6.45) is 3.00. The zero-order chi connectivity index (χ0) is 14.3. The zero-order valence-corrected chi connectivity index (χ0v) is 12.8. The Morgan fingerprint density at radius 3 is 2.95 bits per heavy atom. The van der Waals surface area contributed by atoms with Crippen LogP contribution in [0.4, 0.5) is 5.69 Å². The first-order valence-electron chi connectivity index (χ1n) is 6.26. The third-order valence-electron chi connectivity index (χ3n) is 2.63. The van der Waals surface area contributed by atoms with Crippen LogP contribution in [0.25, 0.3) is 0 Å². The molecule has 0 fully saturated rings. The van der Waals surface area contributed by atoms with E-state index in [0.29, 0.717) is 29.7 Å². The van der Waals surface area contributed by atoms with Crippen molar-refractivity contribution in [1.82, 2.24) is 9.78 Å². The topological polar surface area (TPSA) is 76.4 Å². The molecule has 19 heavy (non-hydrogen) atoms. The zero-order valence-electron chi connectivity index (χ0n) is 11.2. The van der Waals surface area contributed by atoms with Crippen molar-refractivity contribution in [2.24, 2.45) is 0 Å². The fourth-order valence-electron chi connectivity index (χ4n) is 1.71. The molecule has 0 saturated heterocycles. The molecule has 1 atom stereocenters. The lowest BCUT2D eigenvalue weighted by Gasteiger charge is -2.19. The number of rotatable bonds is 8. The summed E-state index contributed by atoms with van der Waals surface area (Å²) in [7, 11) is 1.60. The van der Waals surface area contributed by atoms with Crippen LogP contribution >= 0.6 is 15.9 Å². The maximum Gasteiger partial charge on any atom is 0.283 e. The quantitative estimate of drug-likeness (QED) is 0.748. The predicted molar refractivity (Wildman–Crippen MR) is 77.5 cm³/mol. The van der Waals surface area contributed by atoms with E-state index in [1.165, 1.54) is 4.68 Å². The normalized spacial score (nSPS) is 12.4. The molecule has 0 aliphatic carbocycles. The maximum absolute atomic E-state index is 12.0. The van der Waals surface area contributed by atoms with Crippen LogP contribution in [-0.4, -0.2) is 41.3 Å². The van der Waals surface area contributed by atoms with E-state index in [2.05, 4.69) is 26.3 Å². The van der Waals surface area contributed by atoms with Gasteiger partial charge in [-0.1, -0.05) is 6.92 Å². The largest absolute Gasteiger partial charge is 0.396 e. The number of aliphatic hydroxyl groups is 1. The molecule has 0 spiro atoms. The minimum atomic E-state index is -0.160. The minimum absolute atomic E-state index is 0.0545. The van der Waals surface area contributed by atoms with Crippen LogP contribution in [0.15, 0.2) is 15.5 Å². The van der Waals surface area contributed by atoms with Crippen LogP contribution in [0.1, 0.15) is 19.8 Å². The predicted octanol–water partition coefficient (Wildman–Crippen LogP) is 1.23. The van der Waals surface area contributed by atoms with E-state index in [4.69, 9.17) is 9.84 Å². The Hall–Kier alpha value is -0.920. The third kappa shape index (κ3) is 4.59. The van der Waals surface area contributed by atoms with Gasteiger partial charge in [0.25, 0.3) is 5.56 Å². The van der Waals surface area contributed by atoms with Gasteiger partial charge in [0.05, 0.1) is 24.5 Å². The lowest BCUT2D eigenvalue weighted by Crippen LogP contribution is -2.29. The lowest BCUT2D eigenvalue weighted by molar-refractivity contribution is 0.170. The number of halogens is 1. The summed E-state index contributed by atoms with van der Waals surface area (Å²) in [6, 6.07) is -0.0606. The fourth-order valence-corrected chi connectivity index (χ4v) is 2.13. The lowest BCUT2D eigenvalue weighted by atomic mass is 10.2. The van der Waals surface area contributed by atoms with E-state index in [0.717, 1.165) is 6.42 Å². The van der Waals surface area contributed by atoms with Crippen LogP contribution in [0.5, 0.6) is 0 Å². The van der Waals surface area contributed by atoms with Crippen molar-refractivity contribution in [2.75, 3.05) is 25.6 Å². The molecule has 0 bridgehead atoms. The van der Waals surface area contributed by atoms with Gasteiger partial charge in [-0.25, -0.2) is 4.68 Å². The molecule has 6 nitrogen and oxygen atoms in total. The molecule has 108 valence electrons. The summed E-state index contributed by atoms with van der Waals surface area (Å²) in [5, 5.41) is 16.3. The van der Waals surface area contributed by atoms with Gasteiger partial charge in [0.15, 0.2) is 0 Å². The van der Waals surface area contributed by atoms with Gasteiger partial charge >= 0.3 is 0 Å². The van der Waals surface area contributed by atoms with Gasteiger partial charge in [0, 0.05) is 20.3 Å². The summed E-state index contributed by atoms with van der Waals surface area (Å²) in [5.41, 5.74) is 0.458. The average molecular weight is 334 g/mol. The third-order valence-corrected chi connectivity index (χ3v) is 3.39. The molecule has 0 saturated carbocycles. The van der Waals surface area contributed by atoms with E-state index in [9.17, 15) is 4.79 Å². The van der Waals surface area contributed by atoms with Crippen LogP contribution in [0.3, 0.4) is 0 Å². The SMILES string of the molecule is CCCn1ncc(NC(CCO)COC)c(Br)c1=O. The van der Waals surface area contributed by atoms with E-state index < -0.39 is 0 Å². The number of aromatic nitrogens is 2. The highest BCUT2D eigenvalue weighted by atomic mass is 79.9. The Morgan fingerprint density at radius 1 is 1.63 bits per heavy atom. The number of nitrogens with zero attached hydrogens (tertiary/aromatic N) is 2. The van der Waals surface area contributed by atoms with Crippen molar-refractivity contribution in [3.63, 3.8) is 0 Å². The monoisotopic (exact) mass is 333 g/mol. The smallest absolute Gasteiger partial charge is 0.283 e. The van der Waals surface area contributed by atoms with Gasteiger partial charge in [0.1, 0.15) is 4.47 Å². The maximum atomic E-state index is 12.0. The van der Waals surface area contributed by atoms with Gasteiger partial charge < -0.3 is 15.2 Å². The molecule has 1 aromatic heterocycles. The number of hydrogen-bond acceptors (Lipinski definition) is 5. The molecule has 2 N–H and O–H groups in total. The van der Waals surface area contributed by atoms with Crippen LogP contribution in [-0.2, 0) is 11.3 Å². The molecular formula is C12H20BrN3O3. The van der Waals surface area contributed by atoms with Gasteiger partial charge in [-0.2, -0.15) is 5.10 Å². The summed E-state index contributed by atoms with van der Waals surface area (Å²) < 4.78 is 6.95. The molecule has 0 amide bonds. The van der Waals surface area contributed by atoms with Crippen molar-refractivity contribution in [3.8, 4) is 0 Å². The summed E-state index contributed by atoms with van der Waals surface area (Å²) in [6.45, 7) is 3.09. The van der Waals surface area contributed by atoms with Crippen molar-refractivity contribution in [1.29, 1.82) is 0 Å². The highest BCUT2D eigenvalue weighted by Crippen LogP contribution is 2.18. The second-order valence-electron chi connectivity index (χ2n) is 4.21. The van der Waals surface area contributed by atoms with Gasteiger partial charge in [-0.05, 0) is 28.8 Å². The summed E-state index contributed by atoms with van der Waals surface area (Å²) >= 11 is 3.29. The number of aryl methyl sites for hydroxylation is 1. The number of aliphatic hydroxyl groups excluding tert-OH is 1. The fraction of sp³-hybridized carbons (Fsp3) is 0.667. The molecule has 0 aliphatic rings. The molecule has 0 aliphatic heterocycles. The molecule has 1 aromatic rings. The van der Waals surface area contributed by atoms with E-state index >= 15 is 0 Å². The highest BCUT2D eigenvalue weighted by molar-refractivity contribution is 9.10. The highest BCUT2D eigenvalue weighted by Gasteiger charge is 2.13. The first kappa shape index (κ1) is 16.1. The van der Waals surface area contributed by atoms with Gasteiger partial charge in [0.2, 0.25) is 0 Å². The first-order valence-corrected chi connectivity index (χ1v) is 7.05. The van der Waals surface area contributed by atoms with E-state index in [-0.39, 0.29) is 18.2 Å². The Morgan fingerprint density at radius 2 is 2.37 bits per heavy atom. The van der Waals surface area contributed by atoms with Crippen LogP contribution < -0.4 is 10.9 Å². The van der Waals surface area contributed by atoms with Crippen molar-refractivity contribution >= 4 is 21.6 Å². The number of methoxy groups -OCH3 is 1. The Labute approximate surface area is 120 Å². The Kier molecular flexibility index (Phi) is 7.04. The summed E-state index contributed by atoms with van der Waals surface area (Å²) in [4.78, 5) is 12.0.